The van der Waals surface area contributed by atoms with Crippen LogP contribution in [0.3, 0.4) is 0 Å². The van der Waals surface area contributed by atoms with Crippen molar-refractivity contribution < 1.29 is 9.47 Å². The Bertz CT molecular complexity index is 386. The molecule has 1 fully saturated rings. The SMILES string of the molecule is C[Si](C)(C)C[C@@H]1CC[C@@H](CCOCc2ccccc2)O1. The first-order valence-electron chi connectivity index (χ1n) is 7.80. The van der Waals surface area contributed by atoms with Gasteiger partial charge >= 0.3 is 0 Å². The lowest BCUT2D eigenvalue weighted by molar-refractivity contribution is 0.0230. The van der Waals surface area contributed by atoms with Crippen molar-refractivity contribution in [3.63, 3.8) is 0 Å². The number of rotatable bonds is 7. The molecule has 0 saturated carbocycles. The molecule has 0 aliphatic carbocycles. The van der Waals surface area contributed by atoms with Gasteiger partial charge in [0, 0.05) is 14.7 Å². The topological polar surface area (TPSA) is 18.5 Å². The lowest BCUT2D eigenvalue weighted by Gasteiger charge is -2.21. The Balaban J connectivity index is 1.59. The summed E-state index contributed by atoms with van der Waals surface area (Å²) < 4.78 is 11.9. The van der Waals surface area contributed by atoms with Crippen molar-refractivity contribution >= 4 is 8.07 Å². The predicted molar refractivity (Wildman–Crippen MR) is 86.8 cm³/mol. The van der Waals surface area contributed by atoms with Crippen LogP contribution in [0.25, 0.3) is 0 Å². The first-order chi connectivity index (χ1) is 9.53. The van der Waals surface area contributed by atoms with Gasteiger partial charge in [-0.05, 0) is 30.9 Å². The minimum atomic E-state index is -0.990. The Hall–Kier alpha value is -0.643. The van der Waals surface area contributed by atoms with Crippen molar-refractivity contribution in [3.05, 3.63) is 35.9 Å². The van der Waals surface area contributed by atoms with Crippen molar-refractivity contribution in [1.29, 1.82) is 0 Å². The fourth-order valence-electron chi connectivity index (χ4n) is 2.80. The molecule has 2 nitrogen and oxygen atoms in total. The standard InChI is InChI=1S/C17H28O2Si/c1-20(2,3)14-17-10-9-16(19-17)11-12-18-13-15-7-5-4-6-8-15/h4-8,16-17H,9-14H2,1-3H3/t16-,17-/m0/s1. The minimum absolute atomic E-state index is 0.423. The third-order valence-electron chi connectivity index (χ3n) is 3.73. The molecule has 0 N–H and O–H groups in total. The quantitative estimate of drug-likeness (QED) is 0.545. The summed E-state index contributed by atoms with van der Waals surface area (Å²) in [5, 5.41) is 0. The van der Waals surface area contributed by atoms with Crippen LogP contribution in [0.15, 0.2) is 30.3 Å². The van der Waals surface area contributed by atoms with Gasteiger partial charge in [-0.25, -0.2) is 0 Å². The maximum atomic E-state index is 6.14. The molecular weight excluding hydrogens is 264 g/mol. The molecular formula is C17H28O2Si. The summed E-state index contributed by atoms with van der Waals surface area (Å²) in [6, 6.07) is 11.7. The summed E-state index contributed by atoms with van der Waals surface area (Å²) in [7, 11) is -0.990. The second-order valence-corrected chi connectivity index (χ2v) is 12.6. The van der Waals surface area contributed by atoms with Crippen molar-refractivity contribution in [1.82, 2.24) is 0 Å². The first-order valence-corrected chi connectivity index (χ1v) is 11.5. The van der Waals surface area contributed by atoms with E-state index in [1.165, 1.54) is 24.4 Å². The van der Waals surface area contributed by atoms with E-state index < -0.39 is 8.07 Å². The number of benzene rings is 1. The van der Waals surface area contributed by atoms with E-state index in [1.807, 2.05) is 6.07 Å². The molecule has 2 atom stereocenters. The minimum Gasteiger partial charge on any atom is -0.377 e. The van der Waals surface area contributed by atoms with Gasteiger partial charge in [0.1, 0.15) is 0 Å². The lowest BCUT2D eigenvalue weighted by atomic mass is 10.1. The largest absolute Gasteiger partial charge is 0.377 e. The van der Waals surface area contributed by atoms with E-state index in [0.717, 1.165) is 13.0 Å². The van der Waals surface area contributed by atoms with Crippen molar-refractivity contribution in [3.8, 4) is 0 Å². The highest BCUT2D eigenvalue weighted by atomic mass is 28.3. The van der Waals surface area contributed by atoms with Gasteiger partial charge in [0.2, 0.25) is 0 Å². The van der Waals surface area contributed by atoms with E-state index in [1.54, 1.807) is 0 Å². The van der Waals surface area contributed by atoms with E-state index in [0.29, 0.717) is 18.8 Å². The highest BCUT2D eigenvalue weighted by Gasteiger charge is 2.29. The van der Waals surface area contributed by atoms with E-state index in [4.69, 9.17) is 9.47 Å². The van der Waals surface area contributed by atoms with Crippen LogP contribution in [0.5, 0.6) is 0 Å². The van der Waals surface area contributed by atoms with Crippen LogP contribution in [0, 0.1) is 0 Å². The van der Waals surface area contributed by atoms with Crippen LogP contribution in [0.2, 0.25) is 25.7 Å². The Morgan fingerprint density at radius 1 is 1.10 bits per heavy atom. The number of hydrogen-bond donors (Lipinski definition) is 0. The van der Waals surface area contributed by atoms with Gasteiger partial charge in [-0.15, -0.1) is 0 Å². The molecule has 0 radical (unpaired) electrons. The number of ether oxygens (including phenoxy) is 2. The van der Waals surface area contributed by atoms with Crippen LogP contribution < -0.4 is 0 Å². The smallest absolute Gasteiger partial charge is 0.0716 e. The summed E-state index contributed by atoms with van der Waals surface area (Å²) in [5.41, 5.74) is 1.25. The van der Waals surface area contributed by atoms with E-state index in [-0.39, 0.29) is 0 Å². The van der Waals surface area contributed by atoms with Crippen LogP contribution in [0.1, 0.15) is 24.8 Å². The Morgan fingerprint density at radius 2 is 1.80 bits per heavy atom. The molecule has 3 heteroatoms. The highest BCUT2D eigenvalue weighted by Crippen LogP contribution is 2.28. The van der Waals surface area contributed by atoms with Crippen molar-refractivity contribution in [2.24, 2.45) is 0 Å². The zero-order valence-corrected chi connectivity index (χ0v) is 14.1. The molecule has 1 aliphatic rings. The molecule has 0 aromatic heterocycles. The molecule has 1 aliphatic heterocycles. The van der Waals surface area contributed by atoms with Gasteiger partial charge in [0.15, 0.2) is 0 Å². The molecule has 1 saturated heterocycles. The molecule has 0 spiro atoms. The Labute approximate surface area is 124 Å². The van der Waals surface area contributed by atoms with E-state index >= 15 is 0 Å². The zero-order valence-electron chi connectivity index (χ0n) is 13.1. The van der Waals surface area contributed by atoms with E-state index in [2.05, 4.69) is 43.9 Å². The molecule has 0 amide bonds. The van der Waals surface area contributed by atoms with Crippen LogP contribution >= 0.6 is 0 Å². The van der Waals surface area contributed by atoms with Gasteiger partial charge in [-0.1, -0.05) is 50.0 Å². The molecule has 1 aromatic rings. The summed E-state index contributed by atoms with van der Waals surface area (Å²) >= 11 is 0. The number of hydrogen-bond acceptors (Lipinski definition) is 2. The molecule has 0 unspecified atom stereocenters. The second-order valence-electron chi connectivity index (χ2n) is 7.05. The van der Waals surface area contributed by atoms with Gasteiger partial charge in [-0.3, -0.25) is 0 Å². The van der Waals surface area contributed by atoms with Gasteiger partial charge in [0.25, 0.3) is 0 Å². The molecule has 1 aromatic carbocycles. The third kappa shape index (κ3) is 5.78. The fraction of sp³-hybridized carbons (Fsp3) is 0.647. The molecule has 0 bridgehead atoms. The maximum absolute atomic E-state index is 6.14. The summed E-state index contributed by atoms with van der Waals surface area (Å²) in [6.07, 6.45) is 4.43. The zero-order chi connectivity index (χ0) is 14.4. The molecule has 1 heterocycles. The van der Waals surface area contributed by atoms with Crippen LogP contribution in [-0.2, 0) is 16.1 Å². The Morgan fingerprint density at radius 3 is 2.50 bits per heavy atom. The van der Waals surface area contributed by atoms with Gasteiger partial charge < -0.3 is 9.47 Å². The molecule has 112 valence electrons. The average molecular weight is 292 g/mol. The van der Waals surface area contributed by atoms with Crippen LogP contribution in [-0.4, -0.2) is 26.9 Å². The van der Waals surface area contributed by atoms with Gasteiger partial charge in [-0.2, -0.15) is 0 Å². The van der Waals surface area contributed by atoms with Crippen molar-refractivity contribution in [2.75, 3.05) is 6.61 Å². The monoisotopic (exact) mass is 292 g/mol. The molecule has 20 heavy (non-hydrogen) atoms. The van der Waals surface area contributed by atoms with Gasteiger partial charge in [0.05, 0.1) is 18.8 Å². The summed E-state index contributed by atoms with van der Waals surface area (Å²) in [5.74, 6) is 0. The third-order valence-corrected chi connectivity index (χ3v) is 5.41. The average Bonchev–Trinajstić information content (AvgIpc) is 2.81. The summed E-state index contributed by atoms with van der Waals surface area (Å²) in [4.78, 5) is 0. The summed E-state index contributed by atoms with van der Waals surface area (Å²) in [6.45, 7) is 8.79. The fourth-order valence-corrected chi connectivity index (χ4v) is 4.47. The Kier molecular flexibility index (Phi) is 5.82. The van der Waals surface area contributed by atoms with Crippen LogP contribution in [0.4, 0.5) is 0 Å². The first kappa shape index (κ1) is 15.7. The second kappa shape index (κ2) is 7.39. The molecule has 2 rings (SSSR count). The van der Waals surface area contributed by atoms with E-state index in [9.17, 15) is 0 Å². The maximum Gasteiger partial charge on any atom is 0.0716 e. The lowest BCUT2D eigenvalue weighted by Crippen LogP contribution is -2.27. The highest BCUT2D eigenvalue weighted by molar-refractivity contribution is 6.76. The predicted octanol–water partition coefficient (Wildman–Crippen LogP) is 4.48. The van der Waals surface area contributed by atoms with Crippen molar-refractivity contribution in [2.45, 2.75) is 63.8 Å². The normalized spacial score (nSPS) is 23.1.